The quantitative estimate of drug-likeness (QED) is 0.756. The van der Waals surface area contributed by atoms with Crippen molar-refractivity contribution < 1.29 is 23.8 Å². The number of ether oxygens (including phenoxy) is 3. The first kappa shape index (κ1) is 16.3. The summed E-state index contributed by atoms with van der Waals surface area (Å²) in [4.78, 5) is 23.9. The molecule has 120 valence electrons. The van der Waals surface area contributed by atoms with Crippen LogP contribution in [0, 0.1) is 17.3 Å². The zero-order valence-corrected chi connectivity index (χ0v) is 13.4. The third-order valence-electron chi connectivity index (χ3n) is 4.31. The molecule has 0 unspecified atom stereocenters. The highest BCUT2D eigenvalue weighted by atomic mass is 16.5. The zero-order valence-electron chi connectivity index (χ0n) is 13.4. The van der Waals surface area contributed by atoms with Crippen molar-refractivity contribution in [2.45, 2.75) is 20.8 Å². The van der Waals surface area contributed by atoms with E-state index in [-0.39, 0.29) is 29.8 Å². The summed E-state index contributed by atoms with van der Waals surface area (Å²) < 4.78 is 15.4. The van der Waals surface area contributed by atoms with Gasteiger partial charge in [-0.1, -0.05) is 13.8 Å². The molecule has 2 rings (SSSR count). The van der Waals surface area contributed by atoms with E-state index in [1.54, 1.807) is 38.3 Å². The number of esters is 2. The van der Waals surface area contributed by atoms with Crippen molar-refractivity contribution in [3.63, 3.8) is 0 Å². The normalized spacial score (nSPS) is 21.8. The van der Waals surface area contributed by atoms with Gasteiger partial charge in [-0.15, -0.1) is 0 Å². The van der Waals surface area contributed by atoms with E-state index < -0.39 is 5.97 Å². The Morgan fingerprint density at radius 1 is 1.14 bits per heavy atom. The molecule has 0 bridgehead atoms. The van der Waals surface area contributed by atoms with Gasteiger partial charge >= 0.3 is 11.9 Å². The summed E-state index contributed by atoms with van der Waals surface area (Å²) in [6.45, 7) is 6.35. The molecule has 0 radical (unpaired) electrons. The van der Waals surface area contributed by atoms with Gasteiger partial charge in [-0.05, 0) is 36.6 Å². The highest BCUT2D eigenvalue weighted by Crippen LogP contribution is 2.58. The van der Waals surface area contributed by atoms with Gasteiger partial charge in [0.1, 0.15) is 5.75 Å². The van der Waals surface area contributed by atoms with E-state index in [4.69, 9.17) is 14.2 Å². The summed E-state index contributed by atoms with van der Waals surface area (Å²) >= 11 is 0. The number of hydrogen-bond acceptors (Lipinski definition) is 5. The molecule has 5 heteroatoms. The number of carbonyl (C=O) groups excluding carboxylic acids is 2. The number of benzene rings is 1. The van der Waals surface area contributed by atoms with Crippen LogP contribution < -0.4 is 4.74 Å². The molecule has 0 spiro atoms. The predicted molar refractivity (Wildman–Crippen MR) is 80.7 cm³/mol. The smallest absolute Gasteiger partial charge is 0.338 e. The van der Waals surface area contributed by atoms with Crippen LogP contribution in [0.25, 0.3) is 0 Å². The molecule has 0 saturated heterocycles. The van der Waals surface area contributed by atoms with Gasteiger partial charge in [-0.2, -0.15) is 0 Å². The third-order valence-corrected chi connectivity index (χ3v) is 4.31. The maximum absolute atomic E-state index is 12.0. The Labute approximate surface area is 130 Å². The summed E-state index contributed by atoms with van der Waals surface area (Å²) in [6, 6.07) is 6.72. The fraction of sp³-hybridized carbons (Fsp3) is 0.529. The Bertz CT molecular complexity index is 547. The molecular weight excluding hydrogens is 284 g/mol. The molecule has 2 atom stereocenters. The van der Waals surface area contributed by atoms with Gasteiger partial charge in [0.05, 0.1) is 31.8 Å². The van der Waals surface area contributed by atoms with Gasteiger partial charge in [0.15, 0.2) is 0 Å². The van der Waals surface area contributed by atoms with Crippen molar-refractivity contribution in [2.24, 2.45) is 17.3 Å². The van der Waals surface area contributed by atoms with Crippen molar-refractivity contribution >= 4 is 11.9 Å². The van der Waals surface area contributed by atoms with Crippen LogP contribution in [0.4, 0.5) is 0 Å². The molecule has 1 fully saturated rings. The molecule has 0 aliphatic heterocycles. The van der Waals surface area contributed by atoms with Gasteiger partial charge in [-0.25, -0.2) is 4.79 Å². The first-order valence-electron chi connectivity index (χ1n) is 7.39. The van der Waals surface area contributed by atoms with Crippen molar-refractivity contribution in [2.75, 3.05) is 20.3 Å². The topological polar surface area (TPSA) is 61.8 Å². The molecule has 1 aromatic rings. The Balaban J connectivity index is 1.90. The predicted octanol–water partition coefficient (Wildman–Crippen LogP) is 2.69. The van der Waals surface area contributed by atoms with Gasteiger partial charge < -0.3 is 14.2 Å². The van der Waals surface area contributed by atoms with E-state index in [0.717, 1.165) is 0 Å². The van der Waals surface area contributed by atoms with Crippen molar-refractivity contribution in [3.8, 4) is 5.75 Å². The second-order valence-corrected chi connectivity index (χ2v) is 5.98. The van der Waals surface area contributed by atoms with Crippen LogP contribution in [-0.4, -0.2) is 32.3 Å². The van der Waals surface area contributed by atoms with Crippen LogP contribution in [0.2, 0.25) is 0 Å². The zero-order chi connectivity index (χ0) is 16.3. The van der Waals surface area contributed by atoms with Crippen LogP contribution in [0.5, 0.6) is 5.75 Å². The summed E-state index contributed by atoms with van der Waals surface area (Å²) in [5.74, 6) is -0.113. The number of hydrogen-bond donors (Lipinski definition) is 0. The van der Waals surface area contributed by atoms with Crippen LogP contribution >= 0.6 is 0 Å². The standard InChI is InChI=1S/C17H22O5/c1-5-21-16(19)14-13(17(14,2)3)10-22-15(18)11-6-8-12(20-4)9-7-11/h6-9,13-14H,5,10H2,1-4H3/t13-,14+/m1/s1. The highest BCUT2D eigenvalue weighted by Gasteiger charge is 2.63. The lowest BCUT2D eigenvalue weighted by atomic mass is 10.1. The van der Waals surface area contributed by atoms with Gasteiger partial charge in [0.2, 0.25) is 0 Å². The van der Waals surface area contributed by atoms with Crippen LogP contribution in [-0.2, 0) is 14.3 Å². The highest BCUT2D eigenvalue weighted by molar-refractivity contribution is 5.89. The molecule has 1 aliphatic carbocycles. The minimum atomic E-state index is -0.395. The minimum Gasteiger partial charge on any atom is -0.497 e. The second kappa shape index (κ2) is 6.38. The maximum atomic E-state index is 12.0. The Morgan fingerprint density at radius 2 is 1.77 bits per heavy atom. The molecule has 0 heterocycles. The van der Waals surface area contributed by atoms with E-state index in [9.17, 15) is 9.59 Å². The molecule has 22 heavy (non-hydrogen) atoms. The third kappa shape index (κ3) is 3.24. The van der Waals surface area contributed by atoms with Crippen molar-refractivity contribution in [1.82, 2.24) is 0 Å². The average molecular weight is 306 g/mol. The van der Waals surface area contributed by atoms with Crippen LogP contribution in [0.1, 0.15) is 31.1 Å². The SMILES string of the molecule is CCOC(=O)[C@@H]1[C@@H](COC(=O)c2ccc(OC)cc2)C1(C)C. The molecule has 1 saturated carbocycles. The van der Waals surface area contributed by atoms with E-state index >= 15 is 0 Å². The Kier molecular flexibility index (Phi) is 4.74. The van der Waals surface area contributed by atoms with Gasteiger partial charge in [-0.3, -0.25) is 4.79 Å². The fourth-order valence-corrected chi connectivity index (χ4v) is 2.73. The molecule has 1 aromatic carbocycles. The van der Waals surface area contributed by atoms with E-state index in [1.807, 2.05) is 13.8 Å². The average Bonchev–Trinajstić information content (AvgIpc) is 3.06. The summed E-state index contributed by atoms with van der Waals surface area (Å²) in [5.41, 5.74) is 0.277. The van der Waals surface area contributed by atoms with E-state index in [1.165, 1.54) is 0 Å². The van der Waals surface area contributed by atoms with Gasteiger partial charge in [0, 0.05) is 5.92 Å². The fourth-order valence-electron chi connectivity index (χ4n) is 2.73. The first-order chi connectivity index (χ1) is 10.4. The monoisotopic (exact) mass is 306 g/mol. The van der Waals surface area contributed by atoms with E-state index in [0.29, 0.717) is 17.9 Å². The van der Waals surface area contributed by atoms with Crippen LogP contribution in [0.15, 0.2) is 24.3 Å². The van der Waals surface area contributed by atoms with Crippen molar-refractivity contribution in [3.05, 3.63) is 29.8 Å². The van der Waals surface area contributed by atoms with Crippen molar-refractivity contribution in [1.29, 1.82) is 0 Å². The summed E-state index contributed by atoms with van der Waals surface area (Å²) in [5, 5.41) is 0. The molecule has 5 nitrogen and oxygen atoms in total. The Morgan fingerprint density at radius 3 is 2.32 bits per heavy atom. The minimum absolute atomic E-state index is 0.00810. The van der Waals surface area contributed by atoms with E-state index in [2.05, 4.69) is 0 Å². The summed E-state index contributed by atoms with van der Waals surface area (Å²) in [6.07, 6.45) is 0. The maximum Gasteiger partial charge on any atom is 0.338 e. The molecular formula is C17H22O5. The number of carbonyl (C=O) groups is 2. The Hall–Kier alpha value is -2.04. The summed E-state index contributed by atoms with van der Waals surface area (Å²) in [7, 11) is 1.57. The van der Waals surface area contributed by atoms with Gasteiger partial charge in [0.25, 0.3) is 0 Å². The molecule has 1 aliphatic rings. The molecule has 0 amide bonds. The largest absolute Gasteiger partial charge is 0.497 e. The lowest BCUT2D eigenvalue weighted by Crippen LogP contribution is -2.12. The number of rotatable bonds is 6. The second-order valence-electron chi connectivity index (χ2n) is 5.98. The molecule has 0 aromatic heterocycles. The number of methoxy groups -OCH3 is 1. The molecule has 0 N–H and O–H groups in total. The lowest BCUT2D eigenvalue weighted by Gasteiger charge is -2.06. The lowest BCUT2D eigenvalue weighted by molar-refractivity contribution is -0.145. The van der Waals surface area contributed by atoms with Crippen LogP contribution in [0.3, 0.4) is 0 Å². The first-order valence-corrected chi connectivity index (χ1v) is 7.39.